The number of anilines is 1. The van der Waals surface area contributed by atoms with Gasteiger partial charge in [-0.15, -0.1) is 0 Å². The molecule has 25 heavy (non-hydrogen) atoms. The van der Waals surface area contributed by atoms with Gasteiger partial charge in [-0.1, -0.05) is 41.9 Å². The largest absolute Gasteiger partial charge is 0.464 e. The Labute approximate surface area is 153 Å². The van der Waals surface area contributed by atoms with Gasteiger partial charge in [-0.25, -0.2) is 14.8 Å². The van der Waals surface area contributed by atoms with Gasteiger partial charge in [0.05, 0.1) is 7.11 Å². The topological polar surface area (TPSA) is 55.3 Å². The minimum absolute atomic E-state index is 0.148. The first-order chi connectivity index (χ1) is 12.0. The second-order valence-electron chi connectivity index (χ2n) is 6.54. The zero-order valence-electron chi connectivity index (χ0n) is 14.7. The Kier molecular flexibility index (Phi) is 5.23. The van der Waals surface area contributed by atoms with E-state index in [0.717, 1.165) is 18.4 Å². The number of carbonyl (C=O) groups excluding carboxylic acids is 1. The molecule has 0 saturated heterocycles. The Hall–Kier alpha value is -2.14. The van der Waals surface area contributed by atoms with Gasteiger partial charge in [-0.3, -0.25) is 0 Å². The molecule has 1 aromatic heterocycles. The van der Waals surface area contributed by atoms with Crippen molar-refractivity contribution in [2.24, 2.45) is 0 Å². The fourth-order valence-electron chi connectivity index (χ4n) is 2.68. The maximum absolute atomic E-state index is 12.1. The molecule has 0 N–H and O–H groups in total. The first kappa shape index (κ1) is 17.7. The van der Waals surface area contributed by atoms with E-state index in [2.05, 4.69) is 35.9 Å². The van der Waals surface area contributed by atoms with Crippen LogP contribution < -0.4 is 4.90 Å². The second-order valence-corrected chi connectivity index (χ2v) is 6.92. The van der Waals surface area contributed by atoms with Crippen molar-refractivity contribution in [2.75, 3.05) is 12.0 Å². The minimum atomic E-state index is -0.529. The SMILES string of the molecule is COC(=O)c1nc(C2CC2)nc(N(Cc2ccccc2)C(C)C)c1Cl. The molecule has 0 unspecified atom stereocenters. The molecule has 5 nitrogen and oxygen atoms in total. The van der Waals surface area contributed by atoms with Gasteiger partial charge in [-0.2, -0.15) is 0 Å². The number of carbonyl (C=O) groups is 1. The summed E-state index contributed by atoms with van der Waals surface area (Å²) in [5, 5.41) is 0.251. The summed E-state index contributed by atoms with van der Waals surface area (Å²) in [5.41, 5.74) is 1.30. The van der Waals surface area contributed by atoms with Crippen molar-refractivity contribution in [2.45, 2.75) is 45.2 Å². The number of benzene rings is 1. The van der Waals surface area contributed by atoms with Crippen LogP contribution in [0.1, 0.15) is 54.5 Å². The maximum Gasteiger partial charge on any atom is 0.358 e. The number of ether oxygens (including phenoxy) is 1. The molecule has 0 amide bonds. The van der Waals surface area contributed by atoms with Crippen LogP contribution in [0.15, 0.2) is 30.3 Å². The molecule has 1 aromatic carbocycles. The molecular weight excluding hydrogens is 338 g/mol. The highest BCUT2D eigenvalue weighted by Crippen LogP contribution is 2.40. The quantitative estimate of drug-likeness (QED) is 0.723. The van der Waals surface area contributed by atoms with Gasteiger partial charge >= 0.3 is 5.97 Å². The van der Waals surface area contributed by atoms with E-state index in [9.17, 15) is 4.79 Å². The van der Waals surface area contributed by atoms with Crippen LogP contribution in [0.4, 0.5) is 5.82 Å². The number of halogens is 1. The highest BCUT2D eigenvalue weighted by atomic mass is 35.5. The van der Waals surface area contributed by atoms with Crippen molar-refractivity contribution in [3.63, 3.8) is 0 Å². The molecule has 0 spiro atoms. The van der Waals surface area contributed by atoms with Crippen molar-refractivity contribution in [1.29, 1.82) is 0 Å². The third kappa shape index (κ3) is 3.93. The summed E-state index contributed by atoms with van der Waals surface area (Å²) in [5.74, 6) is 1.06. The zero-order valence-corrected chi connectivity index (χ0v) is 15.5. The summed E-state index contributed by atoms with van der Waals surface area (Å²) in [7, 11) is 1.33. The van der Waals surface area contributed by atoms with Gasteiger partial charge in [0.1, 0.15) is 10.8 Å². The Balaban J connectivity index is 2.05. The van der Waals surface area contributed by atoms with Crippen LogP contribution in [-0.4, -0.2) is 29.1 Å². The molecule has 0 radical (unpaired) electrons. The summed E-state index contributed by atoms with van der Waals surface area (Å²) < 4.78 is 4.85. The highest BCUT2D eigenvalue weighted by molar-refractivity contribution is 6.35. The normalized spacial score (nSPS) is 13.8. The van der Waals surface area contributed by atoms with Crippen LogP contribution in [0.5, 0.6) is 0 Å². The lowest BCUT2D eigenvalue weighted by atomic mass is 10.2. The minimum Gasteiger partial charge on any atom is -0.464 e. The molecule has 1 heterocycles. The average Bonchev–Trinajstić information content (AvgIpc) is 3.45. The van der Waals surface area contributed by atoms with Crippen molar-refractivity contribution < 1.29 is 9.53 Å². The number of methoxy groups -OCH3 is 1. The van der Waals surface area contributed by atoms with E-state index >= 15 is 0 Å². The van der Waals surface area contributed by atoms with Crippen molar-refractivity contribution >= 4 is 23.4 Å². The first-order valence-electron chi connectivity index (χ1n) is 8.47. The third-order valence-corrected chi connectivity index (χ3v) is 4.61. The molecule has 132 valence electrons. The summed E-state index contributed by atoms with van der Waals surface area (Å²) in [6.07, 6.45) is 2.09. The molecule has 1 aliphatic carbocycles. The van der Waals surface area contributed by atoms with Crippen LogP contribution in [0.25, 0.3) is 0 Å². The molecule has 6 heteroatoms. The van der Waals surface area contributed by atoms with Crippen LogP contribution in [-0.2, 0) is 11.3 Å². The third-order valence-electron chi connectivity index (χ3n) is 4.26. The predicted octanol–water partition coefficient (Wildman–Crippen LogP) is 4.21. The Morgan fingerprint density at radius 1 is 1.28 bits per heavy atom. The Bertz CT molecular complexity index is 761. The number of hydrogen-bond acceptors (Lipinski definition) is 5. The molecule has 3 rings (SSSR count). The van der Waals surface area contributed by atoms with Crippen LogP contribution in [0, 0.1) is 0 Å². The lowest BCUT2D eigenvalue weighted by molar-refractivity contribution is 0.0593. The zero-order chi connectivity index (χ0) is 18.0. The van der Waals surface area contributed by atoms with E-state index in [1.54, 1.807) is 0 Å². The fourth-order valence-corrected chi connectivity index (χ4v) is 2.95. The lowest BCUT2D eigenvalue weighted by Gasteiger charge is -2.29. The summed E-state index contributed by atoms with van der Waals surface area (Å²) in [4.78, 5) is 23.3. The van der Waals surface area contributed by atoms with Gasteiger partial charge in [0, 0.05) is 18.5 Å². The van der Waals surface area contributed by atoms with Gasteiger partial charge in [-0.05, 0) is 32.3 Å². The fraction of sp³-hybridized carbons (Fsp3) is 0.421. The summed E-state index contributed by atoms with van der Waals surface area (Å²) >= 11 is 6.52. The van der Waals surface area contributed by atoms with E-state index < -0.39 is 5.97 Å². The Morgan fingerprint density at radius 3 is 2.52 bits per heavy atom. The average molecular weight is 360 g/mol. The van der Waals surface area contributed by atoms with E-state index in [1.807, 2.05) is 18.2 Å². The van der Waals surface area contributed by atoms with Crippen LogP contribution in [0.2, 0.25) is 5.02 Å². The number of hydrogen-bond donors (Lipinski definition) is 0. The second kappa shape index (κ2) is 7.40. The highest BCUT2D eigenvalue weighted by Gasteiger charge is 2.31. The van der Waals surface area contributed by atoms with Gasteiger partial charge in [0.15, 0.2) is 11.5 Å². The molecule has 1 aliphatic rings. The molecular formula is C19H22ClN3O2. The number of esters is 1. The molecule has 1 fully saturated rings. The smallest absolute Gasteiger partial charge is 0.358 e. The summed E-state index contributed by atoms with van der Waals surface area (Å²) in [6.45, 7) is 4.81. The van der Waals surface area contributed by atoms with E-state index in [0.29, 0.717) is 24.1 Å². The predicted molar refractivity (Wildman–Crippen MR) is 98.1 cm³/mol. The maximum atomic E-state index is 12.1. The lowest BCUT2D eigenvalue weighted by Crippen LogP contribution is -2.32. The van der Waals surface area contributed by atoms with Gasteiger partial charge in [0.25, 0.3) is 0 Å². The Morgan fingerprint density at radius 2 is 1.96 bits per heavy atom. The molecule has 2 aromatic rings. The van der Waals surface area contributed by atoms with E-state index in [4.69, 9.17) is 21.3 Å². The number of aromatic nitrogens is 2. The van der Waals surface area contributed by atoms with Crippen LogP contribution in [0.3, 0.4) is 0 Å². The molecule has 0 atom stereocenters. The molecule has 0 aliphatic heterocycles. The van der Waals surface area contributed by atoms with Gasteiger partial charge in [0.2, 0.25) is 0 Å². The first-order valence-corrected chi connectivity index (χ1v) is 8.85. The standard InChI is InChI=1S/C19H22ClN3O2/c1-12(2)23(11-13-7-5-4-6-8-13)18-15(20)16(19(24)25-3)21-17(22-18)14-9-10-14/h4-8,12,14H,9-11H2,1-3H3. The van der Waals surface area contributed by atoms with Crippen molar-refractivity contribution in [1.82, 2.24) is 9.97 Å². The van der Waals surface area contributed by atoms with Crippen LogP contribution >= 0.6 is 11.6 Å². The molecule has 1 saturated carbocycles. The monoisotopic (exact) mass is 359 g/mol. The van der Waals surface area contributed by atoms with E-state index in [1.165, 1.54) is 7.11 Å². The van der Waals surface area contributed by atoms with E-state index in [-0.39, 0.29) is 16.8 Å². The van der Waals surface area contributed by atoms with Crippen molar-refractivity contribution in [3.8, 4) is 0 Å². The number of nitrogens with zero attached hydrogens (tertiary/aromatic N) is 3. The molecule has 0 bridgehead atoms. The summed E-state index contributed by atoms with van der Waals surface area (Å²) in [6, 6.07) is 10.3. The van der Waals surface area contributed by atoms with Crippen molar-refractivity contribution in [3.05, 3.63) is 52.4 Å². The number of rotatable bonds is 6. The van der Waals surface area contributed by atoms with Gasteiger partial charge < -0.3 is 9.64 Å².